The second-order valence-corrected chi connectivity index (χ2v) is 8.69. The first-order chi connectivity index (χ1) is 15.5. The van der Waals surface area contributed by atoms with Gasteiger partial charge in [-0.15, -0.1) is 0 Å². The summed E-state index contributed by atoms with van der Waals surface area (Å²) in [5, 5.41) is 2.24. The summed E-state index contributed by atoms with van der Waals surface area (Å²) in [6, 6.07) is 6.40. The molecule has 1 aliphatic heterocycles. The van der Waals surface area contributed by atoms with Crippen molar-refractivity contribution in [2.75, 3.05) is 43.5 Å². The molecule has 0 radical (unpaired) electrons. The molecular formula is C23H25F4N3O3. The lowest BCUT2D eigenvalue weighted by molar-refractivity contribution is -0.139. The van der Waals surface area contributed by atoms with Crippen LogP contribution in [-0.4, -0.2) is 50.0 Å². The van der Waals surface area contributed by atoms with Crippen molar-refractivity contribution in [2.24, 2.45) is 5.41 Å². The number of nitrogens with one attached hydrogen (secondary N) is 1. The highest BCUT2D eigenvalue weighted by Gasteiger charge is 2.31. The number of carbonyl (C=O) groups excluding carboxylic acids is 2. The monoisotopic (exact) mass is 467 g/mol. The maximum atomic E-state index is 14.2. The van der Waals surface area contributed by atoms with Crippen LogP contribution in [0.5, 0.6) is 5.75 Å². The average molecular weight is 467 g/mol. The summed E-state index contributed by atoms with van der Waals surface area (Å²) in [5.41, 5.74) is -0.818. The largest absolute Gasteiger partial charge is 0.491 e. The van der Waals surface area contributed by atoms with Crippen LogP contribution in [0.2, 0.25) is 0 Å². The van der Waals surface area contributed by atoms with Crippen molar-refractivity contribution in [1.29, 1.82) is 0 Å². The molecule has 2 aromatic rings. The first-order valence-corrected chi connectivity index (χ1v) is 10.3. The summed E-state index contributed by atoms with van der Waals surface area (Å²) >= 11 is 0. The molecule has 1 saturated heterocycles. The summed E-state index contributed by atoms with van der Waals surface area (Å²) in [6.07, 6.45) is 0. The molecule has 1 fully saturated rings. The van der Waals surface area contributed by atoms with Crippen molar-refractivity contribution in [1.82, 2.24) is 4.90 Å². The van der Waals surface area contributed by atoms with Crippen LogP contribution in [0.4, 0.5) is 28.9 Å². The van der Waals surface area contributed by atoms with Crippen molar-refractivity contribution in [3.8, 4) is 5.75 Å². The van der Waals surface area contributed by atoms with Gasteiger partial charge in [-0.2, -0.15) is 8.78 Å². The number of anilines is 2. The normalized spacial score (nSPS) is 14.3. The van der Waals surface area contributed by atoms with Gasteiger partial charge in [-0.25, -0.2) is 8.78 Å². The van der Waals surface area contributed by atoms with Crippen LogP contribution in [0.25, 0.3) is 0 Å². The Morgan fingerprint density at radius 1 is 0.879 bits per heavy atom. The fourth-order valence-electron chi connectivity index (χ4n) is 3.58. The number of hydrogen-bond acceptors (Lipinski definition) is 4. The Labute approximate surface area is 189 Å². The first kappa shape index (κ1) is 24.3. The number of ether oxygens (including phenoxy) is 1. The van der Waals surface area contributed by atoms with Crippen molar-refractivity contribution in [3.05, 3.63) is 53.1 Å². The van der Waals surface area contributed by atoms with Gasteiger partial charge in [0.25, 0.3) is 5.91 Å². The van der Waals surface area contributed by atoms with Gasteiger partial charge in [0.15, 0.2) is 17.4 Å². The van der Waals surface area contributed by atoms with Crippen LogP contribution in [0.1, 0.15) is 31.1 Å². The molecule has 2 aromatic carbocycles. The van der Waals surface area contributed by atoms with E-state index in [0.717, 1.165) is 12.8 Å². The van der Waals surface area contributed by atoms with Gasteiger partial charge in [0.1, 0.15) is 5.56 Å². The molecule has 33 heavy (non-hydrogen) atoms. The number of carbonyl (C=O) groups is 2. The number of halogens is 4. The molecule has 0 atom stereocenters. The van der Waals surface area contributed by atoms with Gasteiger partial charge in [-0.1, -0.05) is 20.8 Å². The minimum absolute atomic E-state index is 0.0890. The van der Waals surface area contributed by atoms with Gasteiger partial charge in [0.05, 0.1) is 7.11 Å². The summed E-state index contributed by atoms with van der Waals surface area (Å²) < 4.78 is 60.4. The molecule has 1 heterocycles. The van der Waals surface area contributed by atoms with Gasteiger partial charge in [-0.05, 0) is 24.3 Å². The standard InChI is InChI=1S/C23H25F4N3O3/c1-23(2,3)22(32)30-11-9-29(10-12-30)14-7-5-13(6-8-14)28-21(31)15-16(24)18(26)20(33-4)19(27)17(15)25/h5-8H,9-12H2,1-4H3,(H,28,31). The Morgan fingerprint density at radius 3 is 1.85 bits per heavy atom. The second kappa shape index (κ2) is 9.29. The van der Waals surface area contributed by atoms with Crippen molar-refractivity contribution in [2.45, 2.75) is 20.8 Å². The Balaban J connectivity index is 1.69. The first-order valence-electron chi connectivity index (χ1n) is 10.3. The molecule has 6 nitrogen and oxygen atoms in total. The average Bonchev–Trinajstić information content (AvgIpc) is 2.78. The van der Waals surface area contributed by atoms with Crippen LogP contribution < -0.4 is 15.0 Å². The van der Waals surface area contributed by atoms with Crippen molar-refractivity contribution in [3.63, 3.8) is 0 Å². The lowest BCUT2D eigenvalue weighted by atomic mass is 9.94. The van der Waals surface area contributed by atoms with Crippen molar-refractivity contribution >= 4 is 23.2 Å². The number of nitrogens with zero attached hydrogens (tertiary/aromatic N) is 2. The predicted octanol–water partition coefficient (Wildman–Crippen LogP) is 4.20. The van der Waals surface area contributed by atoms with E-state index in [2.05, 4.69) is 15.0 Å². The molecule has 2 amide bonds. The molecule has 10 heteroatoms. The number of hydrogen-bond donors (Lipinski definition) is 1. The molecule has 1 N–H and O–H groups in total. The Bertz CT molecular complexity index is 1030. The van der Waals surface area contributed by atoms with Gasteiger partial charge in [-0.3, -0.25) is 9.59 Å². The molecule has 0 saturated carbocycles. The number of amides is 2. The molecule has 0 bridgehead atoms. The quantitative estimate of drug-likeness (QED) is 0.541. The highest BCUT2D eigenvalue weighted by Crippen LogP contribution is 2.30. The Morgan fingerprint density at radius 2 is 1.39 bits per heavy atom. The Kier molecular flexibility index (Phi) is 6.85. The second-order valence-electron chi connectivity index (χ2n) is 8.69. The van der Waals surface area contributed by atoms with Crippen LogP contribution >= 0.6 is 0 Å². The van der Waals surface area contributed by atoms with E-state index in [4.69, 9.17) is 0 Å². The molecule has 0 unspecified atom stereocenters. The number of piperazine rings is 1. The minimum atomic E-state index is -1.84. The fraction of sp³-hybridized carbons (Fsp3) is 0.391. The Hall–Kier alpha value is -3.30. The van der Waals surface area contributed by atoms with Crippen LogP contribution in [0.3, 0.4) is 0 Å². The maximum Gasteiger partial charge on any atom is 0.261 e. The van der Waals surface area contributed by atoms with Crippen LogP contribution in [0.15, 0.2) is 24.3 Å². The number of rotatable bonds is 4. The molecular weight excluding hydrogens is 442 g/mol. The summed E-state index contributed by atoms with van der Waals surface area (Å²) in [4.78, 5) is 28.6. The zero-order valence-corrected chi connectivity index (χ0v) is 18.8. The molecule has 0 aliphatic carbocycles. The van der Waals surface area contributed by atoms with E-state index in [9.17, 15) is 27.2 Å². The van der Waals surface area contributed by atoms with E-state index in [1.54, 1.807) is 12.1 Å². The fourth-order valence-corrected chi connectivity index (χ4v) is 3.58. The number of methoxy groups -OCH3 is 1. The van der Waals surface area contributed by atoms with Crippen molar-refractivity contribution < 1.29 is 31.9 Å². The zero-order chi connectivity index (χ0) is 24.5. The third kappa shape index (κ3) is 4.89. The summed E-state index contributed by atoms with van der Waals surface area (Å²) in [7, 11) is 0.851. The van der Waals surface area contributed by atoms with E-state index in [0.29, 0.717) is 26.2 Å². The van der Waals surface area contributed by atoms with E-state index in [1.165, 1.54) is 12.1 Å². The molecule has 178 valence electrons. The lowest BCUT2D eigenvalue weighted by Crippen LogP contribution is -2.51. The van der Waals surface area contributed by atoms with Gasteiger partial charge in [0, 0.05) is 43.0 Å². The summed E-state index contributed by atoms with van der Waals surface area (Å²) in [6.45, 7) is 8.01. The van der Waals surface area contributed by atoms with E-state index >= 15 is 0 Å². The topological polar surface area (TPSA) is 61.9 Å². The van der Waals surface area contributed by atoms with Gasteiger partial charge in [0.2, 0.25) is 17.5 Å². The maximum absolute atomic E-state index is 14.2. The lowest BCUT2D eigenvalue weighted by Gasteiger charge is -2.38. The van der Waals surface area contributed by atoms with E-state index in [-0.39, 0.29) is 11.6 Å². The zero-order valence-electron chi connectivity index (χ0n) is 18.8. The molecule has 1 aliphatic rings. The van der Waals surface area contributed by atoms with Gasteiger partial charge < -0.3 is 19.9 Å². The van der Waals surface area contributed by atoms with E-state index in [1.807, 2.05) is 25.7 Å². The molecule has 3 rings (SSSR count). The van der Waals surface area contributed by atoms with Crippen LogP contribution in [0, 0.1) is 28.7 Å². The third-order valence-corrected chi connectivity index (χ3v) is 5.35. The number of benzene rings is 2. The highest BCUT2D eigenvalue weighted by molar-refractivity contribution is 6.04. The van der Waals surface area contributed by atoms with Crippen LogP contribution in [-0.2, 0) is 4.79 Å². The third-order valence-electron chi connectivity index (χ3n) is 5.35. The van der Waals surface area contributed by atoms with E-state index < -0.39 is 45.9 Å². The SMILES string of the molecule is COc1c(F)c(F)c(C(=O)Nc2ccc(N3CCN(C(=O)C(C)(C)C)CC3)cc2)c(F)c1F. The predicted molar refractivity (Wildman–Crippen MR) is 115 cm³/mol. The smallest absolute Gasteiger partial charge is 0.261 e. The highest BCUT2D eigenvalue weighted by atomic mass is 19.2. The molecule has 0 aromatic heterocycles. The minimum Gasteiger partial charge on any atom is -0.491 e. The van der Waals surface area contributed by atoms with Gasteiger partial charge >= 0.3 is 0 Å². The molecule has 0 spiro atoms. The summed E-state index contributed by atoms with van der Waals surface area (Å²) in [5.74, 6) is -9.76.